The van der Waals surface area contributed by atoms with E-state index in [4.69, 9.17) is 10.2 Å². The van der Waals surface area contributed by atoms with Crippen LogP contribution in [0.15, 0.2) is 22.8 Å². The van der Waals surface area contributed by atoms with Crippen LogP contribution in [0.3, 0.4) is 0 Å². The number of carbonyl (C=O) groups excluding carboxylic acids is 1. The minimum atomic E-state index is -0.0135. The molecule has 2 rings (SSSR count). The van der Waals surface area contributed by atoms with Crippen molar-refractivity contribution in [2.45, 2.75) is 20.4 Å². The molecule has 0 radical (unpaired) electrons. The van der Waals surface area contributed by atoms with Crippen LogP contribution in [0.5, 0.6) is 0 Å². The third kappa shape index (κ3) is 2.41. The minimum absolute atomic E-state index is 0.0135. The van der Waals surface area contributed by atoms with Gasteiger partial charge in [0.15, 0.2) is 0 Å². The van der Waals surface area contributed by atoms with Gasteiger partial charge in [0, 0.05) is 29.7 Å². The number of nitrogens with two attached hydrogens (primary N) is 1. The standard InChI is InChI=1S/C13H16N2O2S/c1-8-10(4-5-17-8)7-15(3)13(16)12-6-11(14)9(2)18-12/h4-6H,7,14H2,1-3H3. The molecule has 0 aliphatic rings. The molecule has 96 valence electrons. The maximum absolute atomic E-state index is 12.2. The second-order valence-electron chi connectivity index (χ2n) is 4.29. The zero-order chi connectivity index (χ0) is 13.3. The van der Waals surface area contributed by atoms with Gasteiger partial charge >= 0.3 is 0 Å². The molecule has 4 nitrogen and oxygen atoms in total. The molecule has 0 atom stereocenters. The Morgan fingerprint density at radius 2 is 2.22 bits per heavy atom. The van der Waals surface area contributed by atoms with Crippen molar-refractivity contribution in [1.82, 2.24) is 4.90 Å². The molecule has 5 heteroatoms. The van der Waals surface area contributed by atoms with E-state index < -0.39 is 0 Å². The van der Waals surface area contributed by atoms with Crippen molar-refractivity contribution in [3.8, 4) is 0 Å². The summed E-state index contributed by atoms with van der Waals surface area (Å²) in [5, 5.41) is 0. The molecule has 2 aromatic heterocycles. The number of carbonyl (C=O) groups is 1. The molecule has 1 amide bonds. The highest BCUT2D eigenvalue weighted by atomic mass is 32.1. The van der Waals surface area contributed by atoms with Crippen molar-refractivity contribution in [1.29, 1.82) is 0 Å². The Morgan fingerprint density at radius 1 is 1.50 bits per heavy atom. The summed E-state index contributed by atoms with van der Waals surface area (Å²) >= 11 is 1.43. The van der Waals surface area contributed by atoms with Crippen LogP contribution in [0.25, 0.3) is 0 Å². The van der Waals surface area contributed by atoms with Gasteiger partial charge in [-0.2, -0.15) is 0 Å². The summed E-state index contributed by atoms with van der Waals surface area (Å²) in [6.07, 6.45) is 1.64. The summed E-state index contributed by atoms with van der Waals surface area (Å²) in [4.78, 5) is 15.5. The van der Waals surface area contributed by atoms with Crippen LogP contribution in [0.2, 0.25) is 0 Å². The van der Waals surface area contributed by atoms with Gasteiger partial charge in [-0.3, -0.25) is 4.79 Å². The zero-order valence-corrected chi connectivity index (χ0v) is 11.5. The number of thiophene rings is 1. The van der Waals surface area contributed by atoms with E-state index >= 15 is 0 Å². The highest BCUT2D eigenvalue weighted by molar-refractivity contribution is 7.14. The van der Waals surface area contributed by atoms with Crippen molar-refractivity contribution >= 4 is 22.9 Å². The van der Waals surface area contributed by atoms with Crippen molar-refractivity contribution in [2.24, 2.45) is 0 Å². The summed E-state index contributed by atoms with van der Waals surface area (Å²) < 4.78 is 5.22. The summed E-state index contributed by atoms with van der Waals surface area (Å²) in [6, 6.07) is 3.62. The number of amides is 1. The van der Waals surface area contributed by atoms with E-state index in [9.17, 15) is 4.79 Å². The van der Waals surface area contributed by atoms with E-state index in [-0.39, 0.29) is 5.91 Å². The fourth-order valence-corrected chi connectivity index (χ4v) is 2.63. The first-order valence-electron chi connectivity index (χ1n) is 5.63. The number of nitrogen functional groups attached to an aromatic ring is 1. The number of hydrogen-bond donors (Lipinski definition) is 1. The Kier molecular flexibility index (Phi) is 3.43. The predicted octanol–water partition coefficient (Wildman–Crippen LogP) is 2.81. The van der Waals surface area contributed by atoms with E-state index in [0.717, 1.165) is 16.2 Å². The Balaban J connectivity index is 2.12. The van der Waals surface area contributed by atoms with E-state index in [0.29, 0.717) is 17.1 Å². The minimum Gasteiger partial charge on any atom is -0.469 e. The highest BCUT2D eigenvalue weighted by Crippen LogP contribution is 2.25. The summed E-state index contributed by atoms with van der Waals surface area (Å²) in [5.41, 5.74) is 7.46. The lowest BCUT2D eigenvalue weighted by molar-refractivity contribution is 0.0789. The first-order valence-corrected chi connectivity index (χ1v) is 6.45. The molecule has 0 bridgehead atoms. The molecule has 0 spiro atoms. The topological polar surface area (TPSA) is 59.5 Å². The first-order chi connectivity index (χ1) is 8.49. The van der Waals surface area contributed by atoms with Crippen LogP contribution in [0, 0.1) is 13.8 Å². The SMILES string of the molecule is Cc1occc1CN(C)C(=O)c1cc(N)c(C)s1. The fraction of sp³-hybridized carbons (Fsp3) is 0.308. The molecular weight excluding hydrogens is 248 g/mol. The van der Waals surface area contributed by atoms with E-state index in [1.165, 1.54) is 11.3 Å². The number of aryl methyl sites for hydroxylation is 2. The number of anilines is 1. The Labute approximate surface area is 110 Å². The third-order valence-electron chi connectivity index (χ3n) is 2.89. The quantitative estimate of drug-likeness (QED) is 0.927. The zero-order valence-electron chi connectivity index (χ0n) is 10.7. The maximum atomic E-state index is 12.2. The van der Waals surface area contributed by atoms with Gasteiger partial charge in [0.25, 0.3) is 5.91 Å². The second-order valence-corrected chi connectivity index (χ2v) is 5.54. The lowest BCUT2D eigenvalue weighted by Crippen LogP contribution is -2.25. The third-order valence-corrected chi connectivity index (χ3v) is 3.94. The molecular formula is C13H16N2O2S. The predicted molar refractivity (Wildman–Crippen MR) is 72.7 cm³/mol. The molecule has 0 aliphatic heterocycles. The summed E-state index contributed by atoms with van der Waals surface area (Å²) in [6.45, 7) is 4.34. The van der Waals surface area contributed by atoms with Gasteiger partial charge in [0.1, 0.15) is 5.76 Å². The number of hydrogen-bond acceptors (Lipinski definition) is 4. The van der Waals surface area contributed by atoms with Gasteiger partial charge in [0.05, 0.1) is 11.1 Å². The average molecular weight is 264 g/mol. The first kappa shape index (κ1) is 12.7. The summed E-state index contributed by atoms with van der Waals surface area (Å²) in [7, 11) is 1.78. The van der Waals surface area contributed by atoms with Gasteiger partial charge in [0.2, 0.25) is 0 Å². The molecule has 2 heterocycles. The molecule has 18 heavy (non-hydrogen) atoms. The van der Waals surface area contributed by atoms with Gasteiger partial charge in [-0.05, 0) is 26.0 Å². The Hall–Kier alpha value is -1.75. The fourth-order valence-electron chi connectivity index (χ4n) is 1.69. The van der Waals surface area contributed by atoms with Crippen molar-refractivity contribution < 1.29 is 9.21 Å². The van der Waals surface area contributed by atoms with Crippen molar-refractivity contribution in [2.75, 3.05) is 12.8 Å². The second kappa shape index (κ2) is 4.86. The lowest BCUT2D eigenvalue weighted by atomic mass is 10.2. The van der Waals surface area contributed by atoms with Crippen LogP contribution in [-0.2, 0) is 6.54 Å². The van der Waals surface area contributed by atoms with Gasteiger partial charge < -0.3 is 15.1 Å². The molecule has 2 aromatic rings. The van der Waals surface area contributed by atoms with Crippen molar-refractivity contribution in [3.63, 3.8) is 0 Å². The largest absolute Gasteiger partial charge is 0.469 e. The Bertz CT molecular complexity index is 552. The van der Waals surface area contributed by atoms with Crippen LogP contribution in [-0.4, -0.2) is 17.9 Å². The van der Waals surface area contributed by atoms with E-state index in [1.807, 2.05) is 19.9 Å². The maximum Gasteiger partial charge on any atom is 0.264 e. The smallest absolute Gasteiger partial charge is 0.264 e. The number of rotatable bonds is 3. The number of nitrogens with zero attached hydrogens (tertiary/aromatic N) is 1. The summed E-state index contributed by atoms with van der Waals surface area (Å²) in [5.74, 6) is 0.830. The number of furan rings is 1. The normalized spacial score (nSPS) is 10.6. The van der Waals surface area contributed by atoms with Crippen LogP contribution in [0.1, 0.15) is 25.9 Å². The molecule has 0 saturated heterocycles. The average Bonchev–Trinajstić information content (AvgIpc) is 2.86. The van der Waals surface area contributed by atoms with Crippen LogP contribution < -0.4 is 5.73 Å². The van der Waals surface area contributed by atoms with E-state index in [2.05, 4.69) is 0 Å². The molecule has 0 saturated carbocycles. The van der Waals surface area contributed by atoms with Gasteiger partial charge in [-0.15, -0.1) is 11.3 Å². The van der Waals surface area contributed by atoms with Crippen molar-refractivity contribution in [3.05, 3.63) is 39.5 Å². The molecule has 0 fully saturated rings. The van der Waals surface area contributed by atoms with E-state index in [1.54, 1.807) is 24.3 Å². The molecule has 0 aliphatic carbocycles. The lowest BCUT2D eigenvalue weighted by Gasteiger charge is -2.15. The highest BCUT2D eigenvalue weighted by Gasteiger charge is 2.16. The molecule has 0 aromatic carbocycles. The van der Waals surface area contributed by atoms with Gasteiger partial charge in [-0.1, -0.05) is 0 Å². The monoisotopic (exact) mass is 264 g/mol. The van der Waals surface area contributed by atoms with Gasteiger partial charge in [-0.25, -0.2) is 0 Å². The Morgan fingerprint density at radius 3 is 2.72 bits per heavy atom. The molecule has 0 unspecified atom stereocenters. The van der Waals surface area contributed by atoms with Crippen LogP contribution in [0.4, 0.5) is 5.69 Å². The molecule has 2 N–H and O–H groups in total. The van der Waals surface area contributed by atoms with Crippen LogP contribution >= 0.6 is 11.3 Å².